The van der Waals surface area contributed by atoms with Crippen LogP contribution in [0.2, 0.25) is 0 Å². The largest absolute Gasteiger partial charge is 0.349 e. The summed E-state index contributed by atoms with van der Waals surface area (Å²) in [6, 6.07) is 10.5. The number of halogens is 2. The minimum atomic E-state index is -3.68. The van der Waals surface area contributed by atoms with Gasteiger partial charge in [-0.1, -0.05) is 52.0 Å². The molecule has 3 rings (SSSR count). The Morgan fingerprint density at radius 3 is 2.13 bits per heavy atom. The van der Waals surface area contributed by atoms with Crippen molar-refractivity contribution in [3.05, 3.63) is 70.3 Å². The van der Waals surface area contributed by atoms with Crippen molar-refractivity contribution in [2.24, 2.45) is 0 Å². The molecule has 5 nitrogen and oxygen atoms in total. The van der Waals surface area contributed by atoms with Crippen molar-refractivity contribution >= 4 is 11.8 Å². The molecule has 0 bridgehead atoms. The third-order valence-corrected chi connectivity index (χ3v) is 6.27. The molecule has 2 aromatic rings. The van der Waals surface area contributed by atoms with Gasteiger partial charge in [-0.15, -0.1) is 0 Å². The minimum absolute atomic E-state index is 0.0972. The highest BCUT2D eigenvalue weighted by atomic mass is 19.3. The number of hydrogen-bond donors (Lipinski definition) is 3. The topological polar surface area (TPSA) is 78.4 Å². The van der Waals surface area contributed by atoms with E-state index in [2.05, 4.69) is 19.2 Å². The van der Waals surface area contributed by atoms with Crippen molar-refractivity contribution in [1.29, 1.82) is 0 Å². The molecule has 31 heavy (non-hydrogen) atoms. The summed E-state index contributed by atoms with van der Waals surface area (Å²) in [5.41, 5.74) is 3.54. The first-order valence-corrected chi connectivity index (χ1v) is 10.2. The highest BCUT2D eigenvalue weighted by Crippen LogP contribution is 2.47. The zero-order valence-electron chi connectivity index (χ0n) is 18.2. The highest BCUT2D eigenvalue weighted by Gasteiger charge is 2.43. The van der Waals surface area contributed by atoms with Gasteiger partial charge >= 0.3 is 5.92 Å². The van der Waals surface area contributed by atoms with Gasteiger partial charge in [-0.05, 0) is 58.6 Å². The average molecular weight is 430 g/mol. The third kappa shape index (κ3) is 4.46. The first kappa shape index (κ1) is 22.9. The molecular weight excluding hydrogens is 402 g/mol. The quantitative estimate of drug-likeness (QED) is 0.481. The molecule has 3 N–H and O–H groups in total. The van der Waals surface area contributed by atoms with Gasteiger partial charge in [0.05, 0.1) is 0 Å². The van der Waals surface area contributed by atoms with Gasteiger partial charge in [-0.2, -0.15) is 8.78 Å². The Bertz CT molecular complexity index is 998. The Morgan fingerprint density at radius 2 is 1.55 bits per heavy atom. The standard InChI is InChI=1S/C24H28F2N2O3/c1-22(2)11-12-23(3,4)19-13-17(9-10-18(19)22)24(25,26)21(30)27-14-15-5-7-16(8-6-15)20(29)28-31/h5-10,13,31H,11-12,14H2,1-4H3,(H,27,30)(H,28,29). The van der Waals surface area contributed by atoms with Crippen LogP contribution in [-0.4, -0.2) is 17.0 Å². The number of carbonyl (C=O) groups is 2. The molecule has 0 fully saturated rings. The maximum atomic E-state index is 15.0. The second-order valence-corrected chi connectivity index (χ2v) is 9.42. The summed E-state index contributed by atoms with van der Waals surface area (Å²) in [4.78, 5) is 23.7. The normalized spacial score (nSPS) is 16.9. The van der Waals surface area contributed by atoms with Gasteiger partial charge in [0.15, 0.2) is 0 Å². The molecule has 166 valence electrons. The zero-order chi connectivity index (χ0) is 23.0. The van der Waals surface area contributed by atoms with E-state index in [1.54, 1.807) is 6.07 Å². The van der Waals surface area contributed by atoms with Crippen molar-refractivity contribution in [3.63, 3.8) is 0 Å². The molecule has 7 heteroatoms. The van der Waals surface area contributed by atoms with Crippen LogP contribution in [0.5, 0.6) is 0 Å². The lowest BCUT2D eigenvalue weighted by Crippen LogP contribution is -2.39. The molecule has 2 amide bonds. The summed E-state index contributed by atoms with van der Waals surface area (Å²) in [7, 11) is 0. The van der Waals surface area contributed by atoms with E-state index >= 15 is 0 Å². The van der Waals surface area contributed by atoms with Crippen molar-refractivity contribution in [2.45, 2.75) is 63.8 Å². The van der Waals surface area contributed by atoms with E-state index in [4.69, 9.17) is 5.21 Å². The Kier molecular flexibility index (Phi) is 5.93. The van der Waals surface area contributed by atoms with Crippen LogP contribution in [0.15, 0.2) is 42.5 Å². The molecular formula is C24H28F2N2O3. The van der Waals surface area contributed by atoms with Crippen LogP contribution in [0.25, 0.3) is 0 Å². The van der Waals surface area contributed by atoms with Gasteiger partial charge in [0.25, 0.3) is 11.8 Å². The molecule has 0 unspecified atom stereocenters. The number of hydrogen-bond acceptors (Lipinski definition) is 3. The summed E-state index contributed by atoms with van der Waals surface area (Å²) in [5, 5.41) is 10.9. The maximum absolute atomic E-state index is 15.0. The monoisotopic (exact) mass is 430 g/mol. The number of amides is 2. The highest BCUT2D eigenvalue weighted by molar-refractivity contribution is 5.93. The third-order valence-electron chi connectivity index (χ3n) is 6.27. The zero-order valence-corrected chi connectivity index (χ0v) is 18.2. The Labute approximate surface area is 180 Å². The molecule has 0 atom stereocenters. The molecule has 0 aromatic heterocycles. The van der Waals surface area contributed by atoms with Gasteiger partial charge in [-0.25, -0.2) is 5.48 Å². The summed E-state index contributed by atoms with van der Waals surface area (Å²) < 4.78 is 30.0. The van der Waals surface area contributed by atoms with E-state index in [0.717, 1.165) is 24.0 Å². The SMILES string of the molecule is CC1(C)CCC(C)(C)c2cc(C(F)(F)C(=O)NCc3ccc(C(=O)NO)cc3)ccc21. The number of fused-ring (bicyclic) bond motifs is 1. The summed E-state index contributed by atoms with van der Waals surface area (Å²) in [6.07, 6.45) is 1.86. The fourth-order valence-corrected chi connectivity index (χ4v) is 4.05. The van der Waals surface area contributed by atoms with Crippen molar-refractivity contribution in [1.82, 2.24) is 10.8 Å². The molecule has 0 radical (unpaired) electrons. The molecule has 2 aromatic carbocycles. The maximum Gasteiger partial charge on any atom is 0.349 e. The number of rotatable bonds is 5. The summed E-state index contributed by atoms with van der Waals surface area (Å²) in [6.45, 7) is 8.20. The predicted molar refractivity (Wildman–Crippen MR) is 113 cm³/mol. The van der Waals surface area contributed by atoms with E-state index in [-0.39, 0.29) is 28.5 Å². The first-order chi connectivity index (χ1) is 14.4. The van der Waals surface area contributed by atoms with E-state index in [1.165, 1.54) is 41.9 Å². The molecule has 1 aliphatic rings. The fraction of sp³-hybridized carbons (Fsp3) is 0.417. The lowest BCUT2D eigenvalue weighted by atomic mass is 9.63. The summed E-state index contributed by atoms with van der Waals surface area (Å²) in [5.74, 6) is -5.73. The smallest absolute Gasteiger partial charge is 0.346 e. The van der Waals surface area contributed by atoms with Crippen LogP contribution in [0.1, 0.15) is 73.1 Å². The summed E-state index contributed by atoms with van der Waals surface area (Å²) >= 11 is 0. The van der Waals surface area contributed by atoms with Crippen LogP contribution in [0.3, 0.4) is 0 Å². The number of carbonyl (C=O) groups excluding carboxylic acids is 2. The van der Waals surface area contributed by atoms with Crippen molar-refractivity contribution < 1.29 is 23.6 Å². The van der Waals surface area contributed by atoms with Gasteiger partial charge in [0, 0.05) is 17.7 Å². The van der Waals surface area contributed by atoms with Gasteiger partial charge in [0.2, 0.25) is 0 Å². The molecule has 0 spiro atoms. The van der Waals surface area contributed by atoms with E-state index < -0.39 is 17.7 Å². The molecule has 0 heterocycles. The fourth-order valence-electron chi connectivity index (χ4n) is 4.05. The van der Waals surface area contributed by atoms with Gasteiger partial charge in [0.1, 0.15) is 0 Å². The first-order valence-electron chi connectivity index (χ1n) is 10.2. The number of alkyl halides is 2. The predicted octanol–water partition coefficient (Wildman–Crippen LogP) is 4.56. The number of nitrogens with one attached hydrogen (secondary N) is 2. The average Bonchev–Trinajstić information content (AvgIpc) is 2.74. The lowest BCUT2D eigenvalue weighted by Gasteiger charge is -2.42. The molecule has 0 saturated heterocycles. The lowest BCUT2D eigenvalue weighted by molar-refractivity contribution is -0.147. The van der Waals surface area contributed by atoms with Crippen molar-refractivity contribution in [2.75, 3.05) is 0 Å². The molecule has 0 aliphatic heterocycles. The minimum Gasteiger partial charge on any atom is -0.346 e. The second-order valence-electron chi connectivity index (χ2n) is 9.42. The van der Waals surface area contributed by atoms with Crippen LogP contribution >= 0.6 is 0 Å². The second kappa shape index (κ2) is 8.04. The molecule has 0 saturated carbocycles. The Morgan fingerprint density at radius 1 is 0.968 bits per heavy atom. The molecule has 1 aliphatic carbocycles. The van der Waals surface area contributed by atoms with Gasteiger partial charge < -0.3 is 5.32 Å². The van der Waals surface area contributed by atoms with Crippen LogP contribution in [0.4, 0.5) is 8.78 Å². The van der Waals surface area contributed by atoms with Gasteiger partial charge in [-0.3, -0.25) is 14.8 Å². The number of hydroxylamine groups is 1. The Balaban J connectivity index is 1.78. The number of benzene rings is 2. The van der Waals surface area contributed by atoms with Crippen LogP contribution < -0.4 is 10.8 Å². The van der Waals surface area contributed by atoms with E-state index in [9.17, 15) is 18.4 Å². The van der Waals surface area contributed by atoms with Crippen LogP contribution in [-0.2, 0) is 28.1 Å². The van der Waals surface area contributed by atoms with E-state index in [0.29, 0.717) is 5.56 Å². The van der Waals surface area contributed by atoms with Crippen LogP contribution in [0, 0.1) is 0 Å². The Hall–Kier alpha value is -2.80. The van der Waals surface area contributed by atoms with Crippen molar-refractivity contribution in [3.8, 4) is 0 Å². The van der Waals surface area contributed by atoms with E-state index in [1.807, 2.05) is 13.8 Å².